The Bertz CT molecular complexity index is 1350. The summed E-state index contributed by atoms with van der Waals surface area (Å²) in [5.41, 5.74) is 0.675. The van der Waals surface area contributed by atoms with Crippen LogP contribution < -0.4 is 16.0 Å². The summed E-state index contributed by atoms with van der Waals surface area (Å²) >= 11 is 0. The molecule has 0 aliphatic carbocycles. The Morgan fingerprint density at radius 1 is 0.911 bits per heavy atom. The molecule has 1 fully saturated rings. The number of carbonyl (C=O) groups is 4. The fraction of sp³-hybridized carbons (Fsp3) is 0.292. The maximum absolute atomic E-state index is 12.4. The number of hydrogen-bond donors (Lipinski definition) is 4. The lowest BCUT2D eigenvalue weighted by molar-refractivity contribution is -0.385. The van der Waals surface area contributed by atoms with E-state index in [9.17, 15) is 47.8 Å². The van der Waals surface area contributed by atoms with Crippen LogP contribution in [0.2, 0.25) is 0 Å². The van der Waals surface area contributed by atoms with Gasteiger partial charge in [-0.2, -0.15) is 13.2 Å². The predicted octanol–water partition coefficient (Wildman–Crippen LogP) is 2.38. The minimum Gasteiger partial charge on any atom is -0.475 e. The van der Waals surface area contributed by atoms with E-state index in [1.165, 1.54) is 55.5 Å². The van der Waals surface area contributed by atoms with Gasteiger partial charge in [0.1, 0.15) is 13.2 Å². The van der Waals surface area contributed by atoms with E-state index in [4.69, 9.17) is 19.4 Å². The van der Waals surface area contributed by atoms with E-state index in [0.717, 1.165) is 5.01 Å². The van der Waals surface area contributed by atoms with Crippen molar-refractivity contribution in [2.75, 3.05) is 13.1 Å². The molecule has 45 heavy (non-hydrogen) atoms. The molecule has 3 amide bonds. The number of nitrogens with zero attached hydrogens (tertiary/aromatic N) is 4. The monoisotopic (exact) mass is 643 g/mol. The number of alkyl carbamates (subject to hydrolysis) is 2. The number of amides is 3. The third-order valence-corrected chi connectivity index (χ3v) is 5.35. The Morgan fingerprint density at radius 2 is 1.29 bits per heavy atom. The molecule has 1 saturated heterocycles. The lowest BCUT2D eigenvalue weighted by atomic mass is 10.2. The lowest BCUT2D eigenvalue weighted by Crippen LogP contribution is -2.58. The van der Waals surface area contributed by atoms with Crippen molar-refractivity contribution < 1.29 is 56.8 Å². The van der Waals surface area contributed by atoms with E-state index in [-0.39, 0.29) is 30.6 Å². The smallest absolute Gasteiger partial charge is 0.475 e. The van der Waals surface area contributed by atoms with Gasteiger partial charge in [-0.15, -0.1) is 5.10 Å². The molecule has 0 aromatic heterocycles. The summed E-state index contributed by atoms with van der Waals surface area (Å²) in [6.07, 6.45) is -7.15. The molecule has 0 unspecified atom stereocenters. The second-order valence-corrected chi connectivity index (χ2v) is 8.68. The highest BCUT2D eigenvalue weighted by molar-refractivity contribution is 6.01. The summed E-state index contributed by atoms with van der Waals surface area (Å²) in [7, 11) is 0. The molecule has 0 radical (unpaired) electrons. The highest BCUT2D eigenvalue weighted by Gasteiger charge is 2.38. The van der Waals surface area contributed by atoms with Crippen LogP contribution in [0.3, 0.4) is 0 Å². The first kappa shape index (κ1) is 35.3. The van der Waals surface area contributed by atoms with Gasteiger partial charge >= 0.3 is 24.3 Å². The van der Waals surface area contributed by atoms with Gasteiger partial charge in [0.2, 0.25) is 11.9 Å². The first-order valence-corrected chi connectivity index (χ1v) is 12.3. The molecular formula is C24H24F3N7O11. The van der Waals surface area contributed by atoms with Crippen LogP contribution in [0.5, 0.6) is 0 Å². The summed E-state index contributed by atoms with van der Waals surface area (Å²) in [6, 6.07) is 10.4. The molecule has 0 spiro atoms. The van der Waals surface area contributed by atoms with Gasteiger partial charge in [0.25, 0.3) is 11.4 Å². The Morgan fingerprint density at radius 3 is 1.56 bits per heavy atom. The van der Waals surface area contributed by atoms with E-state index < -0.39 is 46.0 Å². The van der Waals surface area contributed by atoms with E-state index in [1.54, 1.807) is 0 Å². The number of nitro benzene ring substituents is 2. The van der Waals surface area contributed by atoms with Crippen molar-refractivity contribution in [1.82, 2.24) is 21.0 Å². The fourth-order valence-electron chi connectivity index (χ4n) is 3.04. The van der Waals surface area contributed by atoms with Crippen LogP contribution in [0.4, 0.5) is 34.1 Å². The average molecular weight is 643 g/mol. The van der Waals surface area contributed by atoms with Gasteiger partial charge < -0.3 is 19.9 Å². The van der Waals surface area contributed by atoms with Crippen LogP contribution >= 0.6 is 0 Å². The van der Waals surface area contributed by atoms with Crippen molar-refractivity contribution >= 4 is 41.4 Å². The van der Waals surface area contributed by atoms with Crippen LogP contribution in [0.15, 0.2) is 53.6 Å². The number of carbonyl (C=O) groups excluding carboxylic acids is 3. The first-order valence-electron chi connectivity index (χ1n) is 12.3. The Hall–Kier alpha value is -5.86. The number of hydrogen-bond acceptors (Lipinski definition) is 12. The number of nitrogens with one attached hydrogen (secondary N) is 3. The summed E-state index contributed by atoms with van der Waals surface area (Å²) in [4.78, 5) is 66.1. The fourth-order valence-corrected chi connectivity index (χ4v) is 3.04. The zero-order valence-electron chi connectivity index (χ0n) is 23.0. The lowest BCUT2D eigenvalue weighted by Gasteiger charge is -2.34. The van der Waals surface area contributed by atoms with Crippen LogP contribution in [-0.4, -0.2) is 75.3 Å². The molecule has 0 atom stereocenters. The summed E-state index contributed by atoms with van der Waals surface area (Å²) in [5.74, 6) is -3.65. The third kappa shape index (κ3) is 12.1. The molecule has 242 valence electrons. The van der Waals surface area contributed by atoms with Crippen LogP contribution in [0.1, 0.15) is 18.1 Å². The number of hydrazone groups is 1. The Labute approximate surface area is 250 Å². The number of ether oxygens (including phenoxy) is 2. The zero-order valence-corrected chi connectivity index (χ0v) is 23.0. The Kier molecular flexibility index (Phi) is 12.7. The van der Waals surface area contributed by atoms with E-state index in [2.05, 4.69) is 21.1 Å². The van der Waals surface area contributed by atoms with Crippen molar-refractivity contribution in [3.8, 4) is 0 Å². The maximum Gasteiger partial charge on any atom is 0.490 e. The van der Waals surface area contributed by atoms with Crippen molar-refractivity contribution in [3.05, 3.63) is 79.9 Å². The molecule has 1 aliphatic rings. The van der Waals surface area contributed by atoms with Crippen molar-refractivity contribution in [1.29, 1.82) is 0 Å². The zero-order chi connectivity index (χ0) is 33.7. The van der Waals surface area contributed by atoms with Gasteiger partial charge in [-0.05, 0) is 35.4 Å². The molecule has 0 saturated carbocycles. The largest absolute Gasteiger partial charge is 0.490 e. The number of carboxylic acid groups (broad SMARTS) is 1. The average Bonchev–Trinajstić information content (AvgIpc) is 2.93. The molecule has 0 bridgehead atoms. The molecule has 1 aliphatic heterocycles. The molecule has 2 aromatic rings. The summed E-state index contributed by atoms with van der Waals surface area (Å²) in [5, 5.41) is 41.2. The van der Waals surface area contributed by atoms with E-state index in [1.807, 2.05) is 0 Å². The molecule has 21 heteroatoms. The van der Waals surface area contributed by atoms with Crippen LogP contribution in [0.25, 0.3) is 0 Å². The molecule has 3 rings (SSSR count). The van der Waals surface area contributed by atoms with Gasteiger partial charge in [0, 0.05) is 44.3 Å². The highest BCUT2D eigenvalue weighted by Crippen LogP contribution is 2.14. The van der Waals surface area contributed by atoms with Gasteiger partial charge in [-0.25, -0.2) is 19.4 Å². The SMILES string of the molecule is CC(=O)N(N=C(NC(=O)OCc1ccc([N+](=O)[O-])cc1)NC(=O)OCc1ccc([N+](=O)[O-])cc1)C1CNC1.O=C(O)C(F)(F)F. The number of halogens is 3. The second-order valence-electron chi connectivity index (χ2n) is 8.68. The minimum absolute atomic E-state index is 0.126. The van der Waals surface area contributed by atoms with Gasteiger partial charge in [-0.3, -0.25) is 35.7 Å². The van der Waals surface area contributed by atoms with E-state index in [0.29, 0.717) is 24.2 Å². The van der Waals surface area contributed by atoms with Crippen molar-refractivity contribution in [3.63, 3.8) is 0 Å². The second kappa shape index (κ2) is 16.1. The van der Waals surface area contributed by atoms with Crippen LogP contribution in [-0.2, 0) is 32.3 Å². The highest BCUT2D eigenvalue weighted by atomic mass is 19.4. The van der Waals surface area contributed by atoms with E-state index >= 15 is 0 Å². The number of benzene rings is 2. The number of aliphatic carboxylic acids is 1. The van der Waals surface area contributed by atoms with Crippen LogP contribution in [0, 0.1) is 20.2 Å². The third-order valence-electron chi connectivity index (χ3n) is 5.35. The summed E-state index contributed by atoms with van der Waals surface area (Å²) < 4.78 is 41.9. The number of rotatable bonds is 8. The number of nitro groups is 2. The first-order chi connectivity index (χ1) is 21.1. The normalized spacial score (nSPS) is 12.2. The molecule has 2 aromatic carbocycles. The molecule has 4 N–H and O–H groups in total. The molecule has 18 nitrogen and oxygen atoms in total. The predicted molar refractivity (Wildman–Crippen MR) is 143 cm³/mol. The topological polar surface area (TPSA) is 245 Å². The molecular weight excluding hydrogens is 619 g/mol. The summed E-state index contributed by atoms with van der Waals surface area (Å²) in [6.45, 7) is 1.67. The standard InChI is InChI=1S/C22H23N7O9.C2HF3O2/c1-14(30)27(19-10-23-11-19)26-20(24-21(31)37-12-15-2-6-17(7-3-15)28(33)34)25-22(32)38-13-16-4-8-18(9-5-16)29(35)36;3-2(4,5)1(6)7/h2-9,19,23H,10-13H2,1H3,(H2,24,25,26,31,32);(H,6,7). The molecule has 1 heterocycles. The van der Waals surface area contributed by atoms with Gasteiger partial charge in [0.15, 0.2) is 0 Å². The Balaban J connectivity index is 0.000000900. The van der Waals surface area contributed by atoms with Crippen molar-refractivity contribution in [2.24, 2.45) is 5.10 Å². The van der Waals surface area contributed by atoms with Crippen molar-refractivity contribution in [2.45, 2.75) is 32.4 Å². The number of alkyl halides is 3. The van der Waals surface area contributed by atoms with Gasteiger partial charge in [-0.1, -0.05) is 0 Å². The maximum atomic E-state index is 12.4. The quantitative estimate of drug-likeness (QED) is 0.140. The number of guanidine groups is 1. The number of carboxylic acids is 1. The van der Waals surface area contributed by atoms with Gasteiger partial charge in [0.05, 0.1) is 15.9 Å². The minimum atomic E-state index is -5.08. The number of non-ortho nitro benzene ring substituents is 2.